The van der Waals surface area contributed by atoms with Crippen LogP contribution in [0.5, 0.6) is 11.5 Å². The molecule has 3 atom stereocenters. The molecule has 4 nitrogen and oxygen atoms in total. The number of methoxy groups -OCH3 is 1. The van der Waals surface area contributed by atoms with Crippen molar-refractivity contribution in [3.05, 3.63) is 22.7 Å². The summed E-state index contributed by atoms with van der Waals surface area (Å²) < 4.78 is 18.0. The van der Waals surface area contributed by atoms with Gasteiger partial charge in [0.05, 0.1) is 11.6 Å². The van der Waals surface area contributed by atoms with Gasteiger partial charge in [0.2, 0.25) is 0 Å². The maximum atomic E-state index is 6.09. The van der Waals surface area contributed by atoms with Crippen LogP contribution >= 0.6 is 15.9 Å². The monoisotopic (exact) mass is 357 g/mol. The summed E-state index contributed by atoms with van der Waals surface area (Å²) in [6.07, 6.45) is 2.33. The highest BCUT2D eigenvalue weighted by atomic mass is 79.9. The third-order valence-corrected chi connectivity index (χ3v) is 4.30. The van der Waals surface area contributed by atoms with Crippen molar-refractivity contribution in [3.8, 4) is 11.5 Å². The van der Waals surface area contributed by atoms with Crippen molar-refractivity contribution in [2.45, 2.75) is 44.9 Å². The maximum absolute atomic E-state index is 6.09. The SMILES string of the molecule is CCCNC1CC(Oc2ccc(OC)cc2Br)C1OCC. The molecule has 0 saturated heterocycles. The second-order valence-electron chi connectivity index (χ2n) is 5.17. The van der Waals surface area contributed by atoms with Gasteiger partial charge in [-0.05, 0) is 54.0 Å². The van der Waals surface area contributed by atoms with E-state index in [-0.39, 0.29) is 12.2 Å². The number of ether oxygens (including phenoxy) is 3. The summed E-state index contributed by atoms with van der Waals surface area (Å²) >= 11 is 3.52. The minimum atomic E-state index is 0.101. The molecular formula is C16H24BrNO3. The van der Waals surface area contributed by atoms with E-state index < -0.39 is 0 Å². The van der Waals surface area contributed by atoms with Crippen LogP contribution in [0.3, 0.4) is 0 Å². The Morgan fingerprint density at radius 1 is 1.33 bits per heavy atom. The molecule has 118 valence electrons. The Kier molecular flexibility index (Phi) is 6.33. The van der Waals surface area contributed by atoms with E-state index in [4.69, 9.17) is 14.2 Å². The predicted octanol–water partition coefficient (Wildman–Crippen LogP) is 3.38. The number of hydrogen-bond acceptors (Lipinski definition) is 4. The predicted molar refractivity (Wildman–Crippen MR) is 87.2 cm³/mol. The molecule has 0 aromatic heterocycles. The number of nitrogens with one attached hydrogen (secondary N) is 1. The minimum absolute atomic E-state index is 0.101. The van der Waals surface area contributed by atoms with Crippen molar-refractivity contribution in [1.82, 2.24) is 5.32 Å². The number of halogens is 1. The van der Waals surface area contributed by atoms with Crippen LogP contribution in [0, 0.1) is 0 Å². The van der Waals surface area contributed by atoms with Crippen molar-refractivity contribution in [2.24, 2.45) is 0 Å². The molecule has 2 rings (SSSR count). The Morgan fingerprint density at radius 2 is 2.14 bits per heavy atom. The van der Waals surface area contributed by atoms with Crippen LogP contribution in [0.15, 0.2) is 22.7 Å². The molecule has 5 heteroatoms. The van der Waals surface area contributed by atoms with Crippen LogP contribution in [0.4, 0.5) is 0 Å². The molecule has 0 bridgehead atoms. The van der Waals surface area contributed by atoms with Crippen molar-refractivity contribution in [2.75, 3.05) is 20.3 Å². The fraction of sp³-hybridized carbons (Fsp3) is 0.625. The van der Waals surface area contributed by atoms with E-state index in [1.807, 2.05) is 25.1 Å². The topological polar surface area (TPSA) is 39.7 Å². The van der Waals surface area contributed by atoms with Gasteiger partial charge in [-0.3, -0.25) is 0 Å². The van der Waals surface area contributed by atoms with Crippen LogP contribution in [0.2, 0.25) is 0 Å². The third kappa shape index (κ3) is 4.11. The summed E-state index contributed by atoms with van der Waals surface area (Å²) in [5.74, 6) is 1.64. The van der Waals surface area contributed by atoms with E-state index in [1.165, 1.54) is 0 Å². The summed E-state index contributed by atoms with van der Waals surface area (Å²) in [5, 5.41) is 3.52. The van der Waals surface area contributed by atoms with Crippen molar-refractivity contribution >= 4 is 15.9 Å². The molecule has 1 aromatic carbocycles. The zero-order valence-corrected chi connectivity index (χ0v) is 14.5. The van der Waals surface area contributed by atoms with Gasteiger partial charge >= 0.3 is 0 Å². The molecule has 1 saturated carbocycles. The van der Waals surface area contributed by atoms with Crippen molar-refractivity contribution in [1.29, 1.82) is 0 Å². The number of hydrogen-bond donors (Lipinski definition) is 1. The first-order chi connectivity index (χ1) is 10.2. The summed E-state index contributed by atoms with van der Waals surface area (Å²) in [4.78, 5) is 0. The van der Waals surface area contributed by atoms with Crippen LogP contribution in [0.25, 0.3) is 0 Å². The lowest BCUT2D eigenvalue weighted by Gasteiger charge is -2.44. The van der Waals surface area contributed by atoms with Crippen molar-refractivity contribution in [3.63, 3.8) is 0 Å². The summed E-state index contributed by atoms with van der Waals surface area (Å²) in [6.45, 7) is 5.92. The fourth-order valence-electron chi connectivity index (χ4n) is 2.51. The van der Waals surface area contributed by atoms with Crippen molar-refractivity contribution < 1.29 is 14.2 Å². The van der Waals surface area contributed by atoms with Crippen LogP contribution in [0.1, 0.15) is 26.7 Å². The molecule has 1 fully saturated rings. The van der Waals surface area contributed by atoms with Crippen LogP contribution < -0.4 is 14.8 Å². The first kappa shape index (κ1) is 16.6. The molecule has 1 aromatic rings. The molecule has 0 spiro atoms. The molecule has 0 aliphatic heterocycles. The highest BCUT2D eigenvalue weighted by Crippen LogP contribution is 2.34. The second-order valence-corrected chi connectivity index (χ2v) is 6.02. The Hall–Kier alpha value is -0.780. The highest BCUT2D eigenvalue weighted by molar-refractivity contribution is 9.10. The second kappa shape index (κ2) is 8.01. The maximum Gasteiger partial charge on any atom is 0.134 e. The average molecular weight is 358 g/mol. The fourth-order valence-corrected chi connectivity index (χ4v) is 2.96. The smallest absolute Gasteiger partial charge is 0.134 e. The highest BCUT2D eigenvalue weighted by Gasteiger charge is 2.43. The normalized spacial score (nSPS) is 24.5. The van der Waals surface area contributed by atoms with E-state index in [0.29, 0.717) is 12.6 Å². The molecule has 1 aliphatic rings. The number of benzene rings is 1. The molecular weight excluding hydrogens is 334 g/mol. The minimum Gasteiger partial charge on any atom is -0.497 e. The Bertz CT molecular complexity index is 455. The largest absolute Gasteiger partial charge is 0.497 e. The molecule has 0 radical (unpaired) electrons. The van der Waals surface area contributed by atoms with Gasteiger partial charge in [0.15, 0.2) is 0 Å². The van der Waals surface area contributed by atoms with Gasteiger partial charge in [-0.1, -0.05) is 6.92 Å². The quantitative estimate of drug-likeness (QED) is 0.773. The summed E-state index contributed by atoms with van der Waals surface area (Å²) in [6, 6.07) is 6.14. The third-order valence-electron chi connectivity index (χ3n) is 3.68. The summed E-state index contributed by atoms with van der Waals surface area (Å²) in [5.41, 5.74) is 0. The van der Waals surface area contributed by atoms with Gasteiger partial charge in [-0.2, -0.15) is 0 Å². The number of rotatable bonds is 8. The van der Waals surface area contributed by atoms with E-state index in [1.54, 1.807) is 7.11 Å². The molecule has 1 aliphatic carbocycles. The Balaban J connectivity index is 1.96. The van der Waals surface area contributed by atoms with Gasteiger partial charge in [-0.15, -0.1) is 0 Å². The van der Waals surface area contributed by atoms with E-state index in [9.17, 15) is 0 Å². The lowest BCUT2D eigenvalue weighted by molar-refractivity contribution is -0.104. The van der Waals surface area contributed by atoms with Crippen LogP contribution in [-0.4, -0.2) is 38.5 Å². The van der Waals surface area contributed by atoms with Crippen LogP contribution in [-0.2, 0) is 4.74 Å². The molecule has 3 unspecified atom stereocenters. The molecule has 0 amide bonds. The van der Waals surface area contributed by atoms with Gasteiger partial charge < -0.3 is 19.5 Å². The standard InChI is InChI=1S/C16H24BrNO3/c1-4-8-18-13-10-15(16(13)20-5-2)21-14-7-6-11(19-3)9-12(14)17/h6-7,9,13,15-16,18H,4-5,8,10H2,1-3H3. The van der Waals surface area contributed by atoms with E-state index in [0.717, 1.165) is 35.4 Å². The Morgan fingerprint density at radius 3 is 2.76 bits per heavy atom. The van der Waals surface area contributed by atoms with Gasteiger partial charge in [0.1, 0.15) is 23.7 Å². The van der Waals surface area contributed by atoms with Gasteiger partial charge in [0, 0.05) is 19.1 Å². The van der Waals surface area contributed by atoms with E-state index >= 15 is 0 Å². The molecule has 21 heavy (non-hydrogen) atoms. The Labute approximate surface area is 135 Å². The summed E-state index contributed by atoms with van der Waals surface area (Å²) in [7, 11) is 1.66. The zero-order chi connectivity index (χ0) is 15.2. The molecule has 0 heterocycles. The van der Waals surface area contributed by atoms with E-state index in [2.05, 4.69) is 28.2 Å². The first-order valence-electron chi connectivity index (χ1n) is 7.54. The lowest BCUT2D eigenvalue weighted by atomic mass is 9.85. The average Bonchev–Trinajstić information content (AvgIpc) is 2.49. The van der Waals surface area contributed by atoms with Gasteiger partial charge in [-0.25, -0.2) is 0 Å². The first-order valence-corrected chi connectivity index (χ1v) is 8.34. The lowest BCUT2D eigenvalue weighted by Crippen LogP contribution is -2.61. The zero-order valence-electron chi connectivity index (χ0n) is 12.9. The molecule has 1 N–H and O–H groups in total. The van der Waals surface area contributed by atoms with Gasteiger partial charge in [0.25, 0.3) is 0 Å².